The van der Waals surface area contributed by atoms with Crippen molar-refractivity contribution in [2.75, 3.05) is 37.7 Å². The second kappa shape index (κ2) is 9.40. The molecule has 3 aromatic heterocycles. The molecule has 1 saturated carbocycles. The van der Waals surface area contributed by atoms with Crippen LogP contribution in [0.4, 0.5) is 5.69 Å². The number of piperidine rings is 1. The normalized spacial score (nSPS) is 21.2. The van der Waals surface area contributed by atoms with Crippen molar-refractivity contribution < 1.29 is 4.74 Å². The molecule has 0 spiro atoms. The van der Waals surface area contributed by atoms with Crippen LogP contribution in [0.25, 0.3) is 11.3 Å². The number of rotatable bonds is 7. The summed E-state index contributed by atoms with van der Waals surface area (Å²) in [6.07, 6.45) is 12.8. The Morgan fingerprint density at radius 3 is 2.83 bits per heavy atom. The van der Waals surface area contributed by atoms with Gasteiger partial charge in [0.1, 0.15) is 5.69 Å². The molecule has 0 unspecified atom stereocenters. The third-order valence-electron chi connectivity index (χ3n) is 7.32. The molecule has 3 aliphatic rings. The quantitative estimate of drug-likeness (QED) is 0.533. The molecule has 5 heterocycles. The SMILES string of the molecule is CC#Cc1cncc(-c2cn(C3(c4ccc(N5CCC[C@@H](NCC6CC6)C5)cn4)COC3)nn2)c1. The van der Waals surface area contributed by atoms with Crippen LogP contribution in [0.2, 0.25) is 0 Å². The first kappa shape index (κ1) is 22.2. The molecule has 2 aliphatic heterocycles. The van der Waals surface area contributed by atoms with Crippen molar-refractivity contribution in [3.8, 4) is 23.1 Å². The first-order chi connectivity index (χ1) is 17.2. The lowest BCUT2D eigenvalue weighted by molar-refractivity contribution is -0.0851. The topological polar surface area (TPSA) is 81.0 Å². The molecular weight excluding hydrogens is 438 g/mol. The van der Waals surface area contributed by atoms with Gasteiger partial charge in [-0.1, -0.05) is 11.1 Å². The summed E-state index contributed by atoms with van der Waals surface area (Å²) in [5.74, 6) is 6.87. The molecular formula is C27H31N7O. The van der Waals surface area contributed by atoms with Crippen molar-refractivity contribution in [3.63, 3.8) is 0 Å². The molecule has 3 aromatic rings. The molecule has 35 heavy (non-hydrogen) atoms. The minimum absolute atomic E-state index is 0.436. The summed E-state index contributed by atoms with van der Waals surface area (Å²) in [6.45, 7) is 6.17. The number of ether oxygens (including phenoxy) is 1. The summed E-state index contributed by atoms with van der Waals surface area (Å²) in [7, 11) is 0. The van der Waals surface area contributed by atoms with Crippen LogP contribution in [0, 0.1) is 17.8 Å². The lowest BCUT2D eigenvalue weighted by Gasteiger charge is -2.40. The van der Waals surface area contributed by atoms with E-state index in [1.807, 2.05) is 30.1 Å². The van der Waals surface area contributed by atoms with Gasteiger partial charge in [0.15, 0.2) is 5.54 Å². The maximum absolute atomic E-state index is 5.65. The van der Waals surface area contributed by atoms with Crippen LogP contribution >= 0.6 is 0 Å². The Labute approximate surface area is 206 Å². The van der Waals surface area contributed by atoms with Gasteiger partial charge in [-0.15, -0.1) is 11.0 Å². The van der Waals surface area contributed by atoms with Crippen LogP contribution in [0.15, 0.2) is 43.0 Å². The van der Waals surface area contributed by atoms with Gasteiger partial charge in [0, 0.05) is 42.7 Å². The van der Waals surface area contributed by atoms with Gasteiger partial charge in [0.05, 0.1) is 37.0 Å². The van der Waals surface area contributed by atoms with Gasteiger partial charge in [0.2, 0.25) is 0 Å². The van der Waals surface area contributed by atoms with Crippen LogP contribution in [0.5, 0.6) is 0 Å². The fourth-order valence-electron chi connectivity index (χ4n) is 4.97. The molecule has 3 fully saturated rings. The fourth-order valence-corrected chi connectivity index (χ4v) is 4.97. The smallest absolute Gasteiger partial charge is 0.152 e. The van der Waals surface area contributed by atoms with E-state index in [2.05, 4.69) is 49.5 Å². The van der Waals surface area contributed by atoms with Crippen molar-refractivity contribution in [2.45, 2.75) is 44.2 Å². The molecule has 8 nitrogen and oxygen atoms in total. The Morgan fingerprint density at radius 1 is 1.17 bits per heavy atom. The van der Waals surface area contributed by atoms with E-state index in [0.717, 1.165) is 41.5 Å². The number of hydrogen-bond acceptors (Lipinski definition) is 7. The second-order valence-corrected chi connectivity index (χ2v) is 9.95. The molecule has 0 amide bonds. The van der Waals surface area contributed by atoms with Crippen molar-refractivity contribution in [1.82, 2.24) is 30.3 Å². The fraction of sp³-hybridized carbons (Fsp3) is 0.481. The molecule has 8 heteroatoms. The number of nitrogens with zero attached hydrogens (tertiary/aromatic N) is 6. The molecule has 0 bridgehead atoms. The maximum atomic E-state index is 5.65. The zero-order chi connectivity index (χ0) is 23.7. The maximum Gasteiger partial charge on any atom is 0.152 e. The van der Waals surface area contributed by atoms with Crippen molar-refractivity contribution in [2.24, 2.45) is 5.92 Å². The van der Waals surface area contributed by atoms with Crippen LogP contribution in [0.3, 0.4) is 0 Å². The number of hydrogen-bond donors (Lipinski definition) is 1. The van der Waals surface area contributed by atoms with Crippen molar-refractivity contribution in [1.29, 1.82) is 0 Å². The predicted molar refractivity (Wildman–Crippen MR) is 134 cm³/mol. The van der Waals surface area contributed by atoms with Gasteiger partial charge in [-0.05, 0) is 63.3 Å². The molecule has 1 aliphatic carbocycles. The van der Waals surface area contributed by atoms with E-state index in [4.69, 9.17) is 9.72 Å². The summed E-state index contributed by atoms with van der Waals surface area (Å²) < 4.78 is 7.54. The number of aromatic nitrogens is 5. The van der Waals surface area contributed by atoms with E-state index in [1.54, 1.807) is 12.4 Å². The van der Waals surface area contributed by atoms with Crippen LogP contribution in [-0.2, 0) is 10.3 Å². The highest BCUT2D eigenvalue weighted by Gasteiger charge is 2.45. The Morgan fingerprint density at radius 2 is 2.09 bits per heavy atom. The first-order valence-electron chi connectivity index (χ1n) is 12.6. The molecule has 2 saturated heterocycles. The van der Waals surface area contributed by atoms with Crippen LogP contribution in [-0.4, -0.2) is 63.9 Å². The highest BCUT2D eigenvalue weighted by Crippen LogP contribution is 2.34. The summed E-state index contributed by atoms with van der Waals surface area (Å²) in [4.78, 5) is 11.7. The van der Waals surface area contributed by atoms with Gasteiger partial charge >= 0.3 is 0 Å². The molecule has 1 N–H and O–H groups in total. The van der Waals surface area contributed by atoms with Gasteiger partial charge < -0.3 is 15.0 Å². The molecule has 1 atom stereocenters. The van der Waals surface area contributed by atoms with Gasteiger partial charge in [0.25, 0.3) is 0 Å². The van der Waals surface area contributed by atoms with Gasteiger partial charge in [-0.2, -0.15) is 0 Å². The number of pyridine rings is 2. The zero-order valence-corrected chi connectivity index (χ0v) is 20.2. The lowest BCUT2D eigenvalue weighted by Crippen LogP contribution is -2.53. The van der Waals surface area contributed by atoms with E-state index >= 15 is 0 Å². The predicted octanol–water partition coefficient (Wildman–Crippen LogP) is 2.85. The Bertz CT molecular complexity index is 1230. The zero-order valence-electron chi connectivity index (χ0n) is 20.2. The minimum atomic E-state index is -0.436. The van der Waals surface area contributed by atoms with E-state index in [-0.39, 0.29) is 0 Å². The highest BCUT2D eigenvalue weighted by molar-refractivity contribution is 5.59. The lowest BCUT2D eigenvalue weighted by atomic mass is 9.92. The Balaban J connectivity index is 1.19. The third-order valence-corrected chi connectivity index (χ3v) is 7.32. The van der Waals surface area contributed by atoms with Gasteiger partial charge in [-0.25, -0.2) is 4.68 Å². The van der Waals surface area contributed by atoms with Crippen LogP contribution < -0.4 is 10.2 Å². The number of nitrogens with one attached hydrogen (secondary N) is 1. The van der Waals surface area contributed by atoms with Gasteiger partial charge in [-0.3, -0.25) is 9.97 Å². The van der Waals surface area contributed by atoms with E-state index in [0.29, 0.717) is 19.3 Å². The second-order valence-electron chi connectivity index (χ2n) is 9.95. The summed E-state index contributed by atoms with van der Waals surface area (Å²) in [6, 6.07) is 6.88. The average molecular weight is 470 g/mol. The molecule has 0 radical (unpaired) electrons. The molecule has 6 rings (SSSR count). The Kier molecular flexibility index (Phi) is 5.96. The monoisotopic (exact) mass is 469 g/mol. The summed E-state index contributed by atoms with van der Waals surface area (Å²) in [5, 5.41) is 12.7. The van der Waals surface area contributed by atoms with Crippen molar-refractivity contribution >= 4 is 5.69 Å². The van der Waals surface area contributed by atoms with E-state index < -0.39 is 5.54 Å². The Hall–Kier alpha value is -3.28. The summed E-state index contributed by atoms with van der Waals surface area (Å²) in [5.41, 5.74) is 4.22. The standard InChI is InChI=1S/C27H31N7O/c1-2-4-21-11-22(14-28-12-21)25-17-34(32-31-25)27(18-35-19-27)26-9-8-24(15-30-26)33-10-3-5-23(16-33)29-13-20-6-7-20/h8-9,11-12,14-15,17,20,23,29H,3,5-7,10,13,16,18-19H2,1H3/t23-/m1/s1. The minimum Gasteiger partial charge on any atom is -0.375 e. The van der Waals surface area contributed by atoms with E-state index in [9.17, 15) is 0 Å². The largest absolute Gasteiger partial charge is 0.375 e. The van der Waals surface area contributed by atoms with Crippen LogP contribution in [0.1, 0.15) is 43.9 Å². The average Bonchev–Trinajstić information content (AvgIpc) is 3.58. The first-order valence-corrected chi connectivity index (χ1v) is 12.6. The summed E-state index contributed by atoms with van der Waals surface area (Å²) >= 11 is 0. The third kappa shape index (κ3) is 4.54. The molecule has 0 aromatic carbocycles. The highest BCUT2D eigenvalue weighted by atomic mass is 16.5. The van der Waals surface area contributed by atoms with Crippen molar-refractivity contribution in [3.05, 3.63) is 54.2 Å². The number of anilines is 1. The molecule has 180 valence electrons. The van der Waals surface area contributed by atoms with E-state index in [1.165, 1.54) is 37.9 Å².